The summed E-state index contributed by atoms with van der Waals surface area (Å²) >= 11 is 0. The maximum Gasteiger partial charge on any atom is 0.0962 e. The predicted octanol–water partition coefficient (Wildman–Crippen LogP) is 3.86. The van der Waals surface area contributed by atoms with Crippen LogP contribution in [0.15, 0.2) is 54.8 Å². The number of allylic oxidation sites excluding steroid dienone is 1. The van der Waals surface area contributed by atoms with Crippen molar-refractivity contribution >= 4 is 6.08 Å². The minimum absolute atomic E-state index is 0.670. The number of hydrogen-bond acceptors (Lipinski definition) is 3. The Hall–Kier alpha value is -2.66. The fraction of sp³-hybridized carbons (Fsp3) is 0.300. The summed E-state index contributed by atoms with van der Waals surface area (Å²) in [4.78, 5) is 8.96. The summed E-state index contributed by atoms with van der Waals surface area (Å²) in [7, 11) is 1.71. The van der Waals surface area contributed by atoms with Crippen LogP contribution in [0.25, 0.3) is 17.3 Å². The van der Waals surface area contributed by atoms with Gasteiger partial charge in [-0.1, -0.05) is 35.9 Å². The molecule has 3 aromatic rings. The van der Waals surface area contributed by atoms with Crippen LogP contribution in [0.2, 0.25) is 0 Å². The Labute approximate surface area is 148 Å². The minimum atomic E-state index is 0.670. The number of benzene rings is 1. The molecule has 0 amide bonds. The normalized spacial score (nSPS) is 10.8. The third-order valence-electron chi connectivity index (χ3n) is 4.02. The van der Waals surface area contributed by atoms with Crippen molar-refractivity contribution in [3.05, 3.63) is 66.1 Å². The monoisotopic (exact) mass is 336 g/mol. The first-order chi connectivity index (χ1) is 12.2. The molecule has 0 atom stereocenters. The van der Waals surface area contributed by atoms with Crippen LogP contribution in [-0.2, 0) is 17.8 Å². The molecule has 2 aromatic heterocycles. The number of aromatic nitrogens is 4. The molecule has 25 heavy (non-hydrogen) atoms. The van der Waals surface area contributed by atoms with Gasteiger partial charge in [-0.3, -0.25) is 0 Å². The highest BCUT2D eigenvalue weighted by atomic mass is 16.5. The lowest BCUT2D eigenvalue weighted by molar-refractivity contribution is 0.186. The Balaban J connectivity index is 1.96. The summed E-state index contributed by atoms with van der Waals surface area (Å²) in [6, 6.07) is 10.3. The number of hydrogen-bond donors (Lipinski definition) is 0. The van der Waals surface area contributed by atoms with Gasteiger partial charge in [0.05, 0.1) is 42.9 Å². The van der Waals surface area contributed by atoms with Crippen molar-refractivity contribution in [1.82, 2.24) is 19.1 Å². The van der Waals surface area contributed by atoms with Gasteiger partial charge in [0, 0.05) is 25.4 Å². The summed E-state index contributed by atoms with van der Waals surface area (Å²) < 4.78 is 9.48. The average molecular weight is 336 g/mol. The molecule has 0 fully saturated rings. The standard InChI is InChI=1S/C20H24N4O/c1-16(2)11-19-20(17-7-5-4-6-8-17)22-15-24(19)13-18-12-21-14-23(18)9-10-25-3/h4-8,11-12,14-15H,9-10,13H2,1-3H3. The van der Waals surface area contributed by atoms with Crippen LogP contribution in [0.5, 0.6) is 0 Å². The Morgan fingerprint density at radius 1 is 1.12 bits per heavy atom. The maximum atomic E-state index is 5.18. The Bertz CT molecular complexity index is 842. The molecule has 3 rings (SSSR count). The van der Waals surface area contributed by atoms with E-state index in [1.807, 2.05) is 37.1 Å². The van der Waals surface area contributed by atoms with Gasteiger partial charge in [0.25, 0.3) is 0 Å². The van der Waals surface area contributed by atoms with Gasteiger partial charge in [0.1, 0.15) is 0 Å². The highest BCUT2D eigenvalue weighted by molar-refractivity contribution is 5.70. The van der Waals surface area contributed by atoms with Crippen molar-refractivity contribution in [2.45, 2.75) is 26.9 Å². The second-order valence-electron chi connectivity index (χ2n) is 6.27. The first-order valence-electron chi connectivity index (χ1n) is 8.42. The van der Waals surface area contributed by atoms with Crippen molar-refractivity contribution in [3.63, 3.8) is 0 Å². The third kappa shape index (κ3) is 4.06. The van der Waals surface area contributed by atoms with E-state index in [-0.39, 0.29) is 0 Å². The number of rotatable bonds is 7. The summed E-state index contributed by atoms with van der Waals surface area (Å²) in [5.41, 5.74) is 5.63. The SMILES string of the molecule is COCCn1cncc1Cn1cnc(-c2ccccc2)c1C=C(C)C. The van der Waals surface area contributed by atoms with E-state index in [0.29, 0.717) is 6.61 Å². The summed E-state index contributed by atoms with van der Waals surface area (Å²) in [5, 5.41) is 0. The van der Waals surface area contributed by atoms with Crippen LogP contribution in [0.1, 0.15) is 25.2 Å². The zero-order valence-electron chi connectivity index (χ0n) is 15.0. The van der Waals surface area contributed by atoms with E-state index in [9.17, 15) is 0 Å². The first kappa shape index (κ1) is 17.2. The van der Waals surface area contributed by atoms with E-state index in [0.717, 1.165) is 35.7 Å². The number of nitrogens with zero attached hydrogens (tertiary/aromatic N) is 4. The molecule has 0 aliphatic rings. The van der Waals surface area contributed by atoms with Crippen molar-refractivity contribution in [1.29, 1.82) is 0 Å². The number of ether oxygens (including phenoxy) is 1. The molecule has 0 bridgehead atoms. The average Bonchev–Trinajstić information content (AvgIpc) is 3.21. The Kier molecular flexibility index (Phi) is 5.46. The maximum absolute atomic E-state index is 5.18. The van der Waals surface area contributed by atoms with E-state index < -0.39 is 0 Å². The molecule has 1 aromatic carbocycles. The van der Waals surface area contributed by atoms with Crippen LogP contribution >= 0.6 is 0 Å². The lowest BCUT2D eigenvalue weighted by atomic mass is 10.1. The van der Waals surface area contributed by atoms with E-state index >= 15 is 0 Å². The van der Waals surface area contributed by atoms with Gasteiger partial charge in [-0.15, -0.1) is 0 Å². The molecular weight excluding hydrogens is 312 g/mol. The van der Waals surface area contributed by atoms with Gasteiger partial charge in [0.15, 0.2) is 0 Å². The lowest BCUT2D eigenvalue weighted by Crippen LogP contribution is -2.10. The topological polar surface area (TPSA) is 44.9 Å². The van der Waals surface area contributed by atoms with E-state index in [1.165, 1.54) is 5.57 Å². The van der Waals surface area contributed by atoms with Crippen LogP contribution in [0, 0.1) is 0 Å². The zero-order valence-corrected chi connectivity index (χ0v) is 15.0. The predicted molar refractivity (Wildman–Crippen MR) is 100 cm³/mol. The Morgan fingerprint density at radius 2 is 1.92 bits per heavy atom. The molecule has 0 saturated heterocycles. The van der Waals surface area contributed by atoms with Crippen LogP contribution in [0.3, 0.4) is 0 Å². The highest BCUT2D eigenvalue weighted by Crippen LogP contribution is 2.25. The molecule has 0 spiro atoms. The van der Waals surface area contributed by atoms with Gasteiger partial charge in [-0.25, -0.2) is 9.97 Å². The first-order valence-corrected chi connectivity index (χ1v) is 8.42. The third-order valence-corrected chi connectivity index (χ3v) is 4.02. The quantitative estimate of drug-likeness (QED) is 0.658. The summed E-state index contributed by atoms with van der Waals surface area (Å²) in [6.07, 6.45) is 7.85. The van der Waals surface area contributed by atoms with Crippen LogP contribution < -0.4 is 0 Å². The number of imidazole rings is 2. The van der Waals surface area contributed by atoms with Crippen molar-refractivity contribution in [3.8, 4) is 11.3 Å². The fourth-order valence-corrected chi connectivity index (χ4v) is 2.81. The second kappa shape index (κ2) is 7.94. The van der Waals surface area contributed by atoms with Gasteiger partial charge in [-0.05, 0) is 19.9 Å². The molecule has 2 heterocycles. The zero-order chi connectivity index (χ0) is 17.6. The highest BCUT2D eigenvalue weighted by Gasteiger charge is 2.12. The van der Waals surface area contributed by atoms with Crippen molar-refractivity contribution in [2.24, 2.45) is 0 Å². The minimum Gasteiger partial charge on any atom is -0.383 e. The molecule has 5 heteroatoms. The van der Waals surface area contributed by atoms with Crippen LogP contribution in [0.4, 0.5) is 0 Å². The summed E-state index contributed by atoms with van der Waals surface area (Å²) in [5.74, 6) is 0. The van der Waals surface area contributed by atoms with Crippen molar-refractivity contribution < 1.29 is 4.74 Å². The summed E-state index contributed by atoms with van der Waals surface area (Å²) in [6.45, 7) is 6.40. The van der Waals surface area contributed by atoms with E-state index in [1.54, 1.807) is 7.11 Å². The van der Waals surface area contributed by atoms with Gasteiger partial charge in [0.2, 0.25) is 0 Å². The molecule has 5 nitrogen and oxygen atoms in total. The van der Waals surface area contributed by atoms with Gasteiger partial charge in [-0.2, -0.15) is 0 Å². The molecule has 130 valence electrons. The fourth-order valence-electron chi connectivity index (χ4n) is 2.81. The Morgan fingerprint density at radius 3 is 2.64 bits per heavy atom. The molecule has 0 unspecified atom stereocenters. The molecule has 0 saturated carbocycles. The molecule has 0 N–H and O–H groups in total. The van der Waals surface area contributed by atoms with Crippen LogP contribution in [-0.4, -0.2) is 32.8 Å². The molecule has 0 aliphatic carbocycles. The van der Waals surface area contributed by atoms with E-state index in [4.69, 9.17) is 4.74 Å². The van der Waals surface area contributed by atoms with Gasteiger partial charge < -0.3 is 13.9 Å². The molecule has 0 aliphatic heterocycles. The number of methoxy groups -OCH3 is 1. The largest absolute Gasteiger partial charge is 0.383 e. The molecule has 0 radical (unpaired) electrons. The lowest BCUT2D eigenvalue weighted by Gasteiger charge is -2.11. The van der Waals surface area contributed by atoms with E-state index in [2.05, 4.69) is 51.2 Å². The van der Waals surface area contributed by atoms with Gasteiger partial charge >= 0.3 is 0 Å². The smallest absolute Gasteiger partial charge is 0.0962 e. The molecular formula is C20H24N4O. The second-order valence-corrected chi connectivity index (χ2v) is 6.27. The van der Waals surface area contributed by atoms with Crippen molar-refractivity contribution in [2.75, 3.05) is 13.7 Å².